The van der Waals surface area contributed by atoms with E-state index in [9.17, 15) is 19.1 Å². The van der Waals surface area contributed by atoms with Gasteiger partial charge in [0.1, 0.15) is 17.7 Å². The molecule has 3 amide bonds. The van der Waals surface area contributed by atoms with Crippen LogP contribution in [-0.4, -0.2) is 65.7 Å². The van der Waals surface area contributed by atoms with Crippen molar-refractivity contribution in [2.24, 2.45) is 5.92 Å². The van der Waals surface area contributed by atoms with Crippen molar-refractivity contribution in [1.29, 1.82) is 0 Å². The van der Waals surface area contributed by atoms with Gasteiger partial charge in [0.2, 0.25) is 5.91 Å². The quantitative estimate of drug-likeness (QED) is 0.200. The molecule has 0 aromatic heterocycles. The molecule has 0 saturated carbocycles. The minimum absolute atomic E-state index is 0.0360. The number of halogens is 1. The van der Waals surface area contributed by atoms with Crippen LogP contribution in [-0.2, 0) is 17.8 Å². The zero-order valence-corrected chi connectivity index (χ0v) is 26.4. The maximum atomic E-state index is 13.5. The third-order valence-electron chi connectivity index (χ3n) is 8.28. The molecule has 0 aliphatic carbocycles. The van der Waals surface area contributed by atoms with Crippen molar-refractivity contribution in [3.05, 3.63) is 114 Å². The summed E-state index contributed by atoms with van der Waals surface area (Å²) in [6, 6.07) is 28.7. The molecule has 0 saturated heterocycles. The number of ether oxygens (including phenoxy) is 1. The number of hydrogen-bond acceptors (Lipinski definition) is 5. The molecule has 0 spiro atoms. The smallest absolute Gasteiger partial charge is 0.323 e. The summed E-state index contributed by atoms with van der Waals surface area (Å²) in [4.78, 5) is 30.1. The van der Waals surface area contributed by atoms with Gasteiger partial charge in [0, 0.05) is 42.5 Å². The highest BCUT2D eigenvalue weighted by atomic mass is 19.1. The summed E-state index contributed by atoms with van der Waals surface area (Å²) in [5.74, 6) is 0.0210. The number of carbonyl (C=O) groups excluding carboxylic acids is 2. The Morgan fingerprint density at radius 1 is 0.978 bits per heavy atom. The van der Waals surface area contributed by atoms with E-state index in [1.54, 1.807) is 23.1 Å². The Labute approximate surface area is 269 Å². The van der Waals surface area contributed by atoms with Crippen LogP contribution in [0, 0.1) is 11.7 Å². The van der Waals surface area contributed by atoms with Gasteiger partial charge in [-0.05, 0) is 73.1 Å². The first-order valence-electron chi connectivity index (χ1n) is 15.5. The van der Waals surface area contributed by atoms with E-state index in [1.165, 1.54) is 41.0 Å². The minimum atomic E-state index is -0.498. The first-order valence-corrected chi connectivity index (χ1v) is 15.5. The van der Waals surface area contributed by atoms with E-state index in [0.29, 0.717) is 35.8 Å². The molecule has 1 heterocycles. The second-order valence-corrected chi connectivity index (χ2v) is 12.1. The lowest BCUT2D eigenvalue weighted by Gasteiger charge is -2.34. The van der Waals surface area contributed by atoms with E-state index in [-0.39, 0.29) is 37.0 Å². The number of carbonyl (C=O) groups is 2. The van der Waals surface area contributed by atoms with Gasteiger partial charge in [-0.3, -0.25) is 9.69 Å². The molecule has 1 aliphatic rings. The number of rotatable bonds is 9. The Morgan fingerprint density at radius 3 is 2.33 bits per heavy atom. The van der Waals surface area contributed by atoms with Gasteiger partial charge in [0.05, 0.1) is 19.1 Å². The highest BCUT2D eigenvalue weighted by molar-refractivity contribution is 6.00. The maximum Gasteiger partial charge on any atom is 0.323 e. The summed E-state index contributed by atoms with van der Waals surface area (Å²) in [6.45, 7) is 5.51. The summed E-state index contributed by atoms with van der Waals surface area (Å²) in [6.07, 6.45) is -0.204. The monoisotopic (exact) mass is 624 g/mol. The number of benzene rings is 4. The summed E-state index contributed by atoms with van der Waals surface area (Å²) in [5, 5.41) is 15.4. The maximum absolute atomic E-state index is 13.5. The second-order valence-electron chi connectivity index (χ2n) is 12.1. The zero-order valence-electron chi connectivity index (χ0n) is 26.4. The molecule has 0 unspecified atom stereocenters. The van der Waals surface area contributed by atoms with E-state index in [1.807, 2.05) is 25.1 Å². The van der Waals surface area contributed by atoms with Crippen molar-refractivity contribution in [1.82, 2.24) is 9.80 Å². The number of anilines is 2. The van der Waals surface area contributed by atoms with Crippen LogP contribution in [0.3, 0.4) is 0 Å². The van der Waals surface area contributed by atoms with Crippen LogP contribution in [0.2, 0.25) is 0 Å². The van der Waals surface area contributed by atoms with Crippen LogP contribution in [0.4, 0.5) is 20.6 Å². The number of urea groups is 1. The number of hydrogen-bond donors (Lipinski definition) is 3. The molecule has 3 atom stereocenters. The van der Waals surface area contributed by atoms with Crippen LogP contribution in [0.1, 0.15) is 25.0 Å². The minimum Gasteiger partial charge on any atom is -0.488 e. The van der Waals surface area contributed by atoms with Crippen molar-refractivity contribution >= 4 is 23.3 Å². The zero-order chi connectivity index (χ0) is 32.6. The van der Waals surface area contributed by atoms with Crippen LogP contribution >= 0.6 is 0 Å². The molecule has 8 nitrogen and oxygen atoms in total. The molecule has 9 heteroatoms. The molecular formula is C37H41FN4O4. The highest BCUT2D eigenvalue weighted by Crippen LogP contribution is 2.30. The van der Waals surface area contributed by atoms with Gasteiger partial charge in [-0.2, -0.15) is 0 Å². The number of aliphatic hydroxyl groups excluding tert-OH is 1. The molecule has 5 rings (SSSR count). The van der Waals surface area contributed by atoms with Crippen LogP contribution in [0.25, 0.3) is 11.1 Å². The van der Waals surface area contributed by atoms with Crippen molar-refractivity contribution in [3.63, 3.8) is 0 Å². The predicted octanol–water partition coefficient (Wildman–Crippen LogP) is 6.42. The van der Waals surface area contributed by atoms with Crippen molar-refractivity contribution < 1.29 is 23.8 Å². The number of aliphatic hydroxyl groups is 1. The van der Waals surface area contributed by atoms with Crippen molar-refractivity contribution in [2.45, 2.75) is 39.0 Å². The van der Waals surface area contributed by atoms with E-state index in [0.717, 1.165) is 6.54 Å². The normalized spacial score (nSPS) is 17.3. The summed E-state index contributed by atoms with van der Waals surface area (Å²) in [7, 11) is 2.06. The third-order valence-corrected chi connectivity index (χ3v) is 8.28. The molecular weight excluding hydrogens is 583 g/mol. The van der Waals surface area contributed by atoms with Gasteiger partial charge < -0.3 is 25.4 Å². The fourth-order valence-electron chi connectivity index (χ4n) is 5.67. The van der Waals surface area contributed by atoms with Crippen molar-refractivity contribution in [2.75, 3.05) is 37.4 Å². The Kier molecular flexibility index (Phi) is 10.7. The fraction of sp³-hybridized carbons (Fsp3) is 0.297. The first-order chi connectivity index (χ1) is 22.2. The van der Waals surface area contributed by atoms with Gasteiger partial charge in [0.15, 0.2) is 0 Å². The predicted molar refractivity (Wildman–Crippen MR) is 179 cm³/mol. The molecule has 4 aromatic rings. The number of amides is 3. The molecule has 4 aromatic carbocycles. The van der Waals surface area contributed by atoms with Crippen LogP contribution in [0.15, 0.2) is 97.1 Å². The Morgan fingerprint density at radius 2 is 1.63 bits per heavy atom. The molecule has 46 heavy (non-hydrogen) atoms. The molecule has 0 bridgehead atoms. The lowest BCUT2D eigenvalue weighted by Crippen LogP contribution is -2.47. The van der Waals surface area contributed by atoms with Gasteiger partial charge >= 0.3 is 6.03 Å². The molecule has 0 fully saturated rings. The Hall–Kier alpha value is -4.73. The van der Waals surface area contributed by atoms with Crippen molar-refractivity contribution in [3.8, 4) is 16.9 Å². The van der Waals surface area contributed by atoms with Gasteiger partial charge in [-0.1, -0.05) is 61.5 Å². The van der Waals surface area contributed by atoms with Gasteiger partial charge in [-0.15, -0.1) is 0 Å². The van der Waals surface area contributed by atoms with Gasteiger partial charge in [0.25, 0.3) is 0 Å². The van der Waals surface area contributed by atoms with E-state index >= 15 is 0 Å². The third kappa shape index (κ3) is 8.50. The SMILES string of the molecule is C[C@@H]1CN([C@@H](C)CO)C(=O)Cc2cc(NC(=O)Nc3ccc(F)cc3)ccc2O[C@H]1CN(C)Cc1ccc(-c2ccccc2)cc1. The summed E-state index contributed by atoms with van der Waals surface area (Å²) in [5.41, 5.74) is 5.09. The number of likely N-dealkylation sites (N-methyl/N-ethyl adjacent to an activating group) is 1. The Bertz CT molecular complexity index is 1620. The topological polar surface area (TPSA) is 94.1 Å². The summed E-state index contributed by atoms with van der Waals surface area (Å²) >= 11 is 0. The molecule has 0 radical (unpaired) electrons. The lowest BCUT2D eigenvalue weighted by molar-refractivity contribution is -0.134. The Balaban J connectivity index is 1.32. The molecule has 3 N–H and O–H groups in total. The number of fused-ring (bicyclic) bond motifs is 1. The second kappa shape index (κ2) is 15.0. The average Bonchev–Trinajstić information content (AvgIpc) is 3.09. The first kappa shape index (κ1) is 32.7. The average molecular weight is 625 g/mol. The van der Waals surface area contributed by atoms with E-state index in [4.69, 9.17) is 4.74 Å². The van der Waals surface area contributed by atoms with Crippen LogP contribution in [0.5, 0.6) is 5.75 Å². The fourth-order valence-corrected chi connectivity index (χ4v) is 5.67. The standard InChI is InChI=1S/C37H41FN4O4/c1-25-21-42(26(2)24-43)36(44)20-30-19-33(40-37(45)39-32-15-13-31(38)14-16-32)17-18-34(30)46-35(25)23-41(3)22-27-9-11-29(12-10-27)28-7-5-4-6-8-28/h4-19,25-26,35,43H,20-24H2,1-3H3,(H2,39,40,45)/t25-,26+,35+/m1/s1. The van der Waals surface area contributed by atoms with Gasteiger partial charge in [-0.25, -0.2) is 9.18 Å². The summed E-state index contributed by atoms with van der Waals surface area (Å²) < 4.78 is 19.9. The van der Waals surface area contributed by atoms with E-state index in [2.05, 4.69) is 65.9 Å². The molecule has 1 aliphatic heterocycles. The largest absolute Gasteiger partial charge is 0.488 e. The number of nitrogens with one attached hydrogen (secondary N) is 2. The number of nitrogens with zero attached hydrogens (tertiary/aromatic N) is 2. The lowest BCUT2D eigenvalue weighted by atomic mass is 10.0. The van der Waals surface area contributed by atoms with Crippen LogP contribution < -0.4 is 15.4 Å². The molecule has 240 valence electrons. The van der Waals surface area contributed by atoms with E-state index < -0.39 is 11.8 Å². The highest BCUT2D eigenvalue weighted by Gasteiger charge is 2.31.